The first-order valence-electron chi connectivity index (χ1n) is 10.2. The molecule has 25 heavy (non-hydrogen) atoms. The second kappa shape index (κ2) is 5.69. The number of Topliss-reactive ketones (excluding diaryl/α,β-unsaturated/α-hetero) is 1. The predicted molar refractivity (Wildman–Crippen MR) is 96.8 cm³/mol. The molecule has 0 N–H and O–H groups in total. The van der Waals surface area contributed by atoms with Crippen molar-refractivity contribution >= 4 is 11.8 Å². The molecule has 0 radical (unpaired) electrons. The van der Waals surface area contributed by atoms with Crippen LogP contribution in [-0.2, 0) is 14.3 Å². The molecule has 4 aliphatic rings. The summed E-state index contributed by atoms with van der Waals surface area (Å²) in [5.41, 5.74) is 1.69. The van der Waals surface area contributed by atoms with Gasteiger partial charge in [-0.25, -0.2) is 0 Å². The van der Waals surface area contributed by atoms with Crippen molar-refractivity contribution in [3.05, 3.63) is 11.6 Å². The second-order valence-corrected chi connectivity index (χ2v) is 9.69. The van der Waals surface area contributed by atoms with Crippen LogP contribution in [0.3, 0.4) is 0 Å². The molecule has 4 rings (SSSR count). The highest BCUT2D eigenvalue weighted by atomic mass is 16.5. The van der Waals surface area contributed by atoms with E-state index >= 15 is 0 Å². The minimum Gasteiger partial charge on any atom is -0.462 e. The lowest BCUT2D eigenvalue weighted by Gasteiger charge is -2.56. The van der Waals surface area contributed by atoms with E-state index in [2.05, 4.69) is 26.8 Å². The molecule has 0 amide bonds. The molecule has 1 unspecified atom stereocenters. The van der Waals surface area contributed by atoms with E-state index in [4.69, 9.17) is 4.74 Å². The molecule has 3 saturated carbocycles. The largest absolute Gasteiger partial charge is 0.462 e. The lowest BCUT2D eigenvalue weighted by Crippen LogP contribution is -2.50. The normalized spacial score (nSPS) is 48.9. The van der Waals surface area contributed by atoms with Crippen molar-refractivity contribution in [2.45, 2.75) is 78.7 Å². The smallest absolute Gasteiger partial charge is 0.302 e. The van der Waals surface area contributed by atoms with Gasteiger partial charge in [0.25, 0.3) is 0 Å². The number of carbonyl (C=O) groups is 2. The molecular formula is C22H32O3. The Hall–Kier alpha value is -1.12. The summed E-state index contributed by atoms with van der Waals surface area (Å²) in [4.78, 5) is 24.1. The van der Waals surface area contributed by atoms with Crippen LogP contribution in [0.4, 0.5) is 0 Å². The number of ether oxygens (including phenoxy) is 1. The van der Waals surface area contributed by atoms with Gasteiger partial charge >= 0.3 is 5.97 Å². The number of rotatable bonds is 1. The molecule has 0 aromatic rings. The van der Waals surface area contributed by atoms with Gasteiger partial charge in [-0.3, -0.25) is 9.59 Å². The molecule has 0 heterocycles. The van der Waals surface area contributed by atoms with Crippen LogP contribution in [0, 0.1) is 34.5 Å². The average Bonchev–Trinajstić information content (AvgIpc) is 2.78. The Morgan fingerprint density at radius 1 is 1.16 bits per heavy atom. The minimum atomic E-state index is -0.158. The minimum absolute atomic E-state index is 0.0651. The van der Waals surface area contributed by atoms with Gasteiger partial charge in [0.1, 0.15) is 11.9 Å². The number of allylic oxidation sites excluding steroid dienone is 1. The number of esters is 1. The van der Waals surface area contributed by atoms with Crippen molar-refractivity contribution in [2.24, 2.45) is 34.5 Å². The molecule has 4 aliphatic carbocycles. The van der Waals surface area contributed by atoms with Crippen LogP contribution in [0.1, 0.15) is 72.6 Å². The van der Waals surface area contributed by atoms with E-state index in [9.17, 15) is 9.59 Å². The molecule has 3 heteroatoms. The Kier molecular flexibility index (Phi) is 3.94. The second-order valence-electron chi connectivity index (χ2n) is 9.69. The van der Waals surface area contributed by atoms with Crippen LogP contribution in [-0.4, -0.2) is 17.9 Å². The van der Waals surface area contributed by atoms with E-state index in [-0.39, 0.29) is 28.8 Å². The highest BCUT2D eigenvalue weighted by Gasteiger charge is 2.60. The molecule has 0 saturated heterocycles. The van der Waals surface area contributed by atoms with E-state index in [1.165, 1.54) is 18.9 Å². The maximum atomic E-state index is 12.8. The fourth-order valence-electron chi connectivity index (χ4n) is 7.07. The lowest BCUT2D eigenvalue weighted by atomic mass is 9.48. The van der Waals surface area contributed by atoms with Crippen molar-refractivity contribution in [1.29, 1.82) is 0 Å². The van der Waals surface area contributed by atoms with Crippen LogP contribution in [0.25, 0.3) is 0 Å². The highest BCUT2D eigenvalue weighted by Crippen LogP contribution is 2.64. The van der Waals surface area contributed by atoms with Crippen LogP contribution >= 0.6 is 0 Å². The van der Waals surface area contributed by atoms with Crippen molar-refractivity contribution < 1.29 is 14.3 Å². The molecule has 7 atom stereocenters. The SMILES string of the molecule is CC(=O)O[C@H]1CC[C@@]2(C)C(=CC[C@@H]3[C@@H]2CC[C@]2(C)C(=O)C(C)C[C@@H]32)C1. The third-order valence-corrected chi connectivity index (χ3v) is 8.40. The fourth-order valence-corrected chi connectivity index (χ4v) is 7.07. The monoisotopic (exact) mass is 344 g/mol. The highest BCUT2D eigenvalue weighted by molar-refractivity contribution is 5.89. The standard InChI is InChI=1S/C22H32O3/c1-13-11-19-17-6-5-15-12-16(25-14(2)23)7-9-21(15,3)18(17)8-10-22(19,4)20(13)24/h5,13,16-19H,6-12H2,1-4H3/t13?,16-,17+,18-,19-,21-,22-/m0/s1. The first-order chi connectivity index (χ1) is 11.8. The van der Waals surface area contributed by atoms with E-state index in [0.29, 0.717) is 23.5 Å². The van der Waals surface area contributed by atoms with Gasteiger partial charge in [0.2, 0.25) is 0 Å². The summed E-state index contributed by atoms with van der Waals surface area (Å²) in [5.74, 6) is 2.53. The first-order valence-corrected chi connectivity index (χ1v) is 10.2. The fraction of sp³-hybridized carbons (Fsp3) is 0.818. The van der Waals surface area contributed by atoms with Crippen molar-refractivity contribution in [3.63, 3.8) is 0 Å². The van der Waals surface area contributed by atoms with Crippen LogP contribution < -0.4 is 0 Å². The molecule has 0 aromatic heterocycles. The third-order valence-electron chi connectivity index (χ3n) is 8.40. The van der Waals surface area contributed by atoms with Crippen molar-refractivity contribution in [3.8, 4) is 0 Å². The summed E-state index contributed by atoms with van der Waals surface area (Å²) in [6, 6.07) is 0. The lowest BCUT2D eigenvalue weighted by molar-refractivity contribution is -0.148. The molecule has 3 fully saturated rings. The van der Waals surface area contributed by atoms with Crippen molar-refractivity contribution in [2.75, 3.05) is 0 Å². The zero-order valence-corrected chi connectivity index (χ0v) is 16.1. The summed E-state index contributed by atoms with van der Waals surface area (Å²) < 4.78 is 5.51. The average molecular weight is 344 g/mol. The topological polar surface area (TPSA) is 43.4 Å². The number of carbonyl (C=O) groups excluding carboxylic acids is 2. The van der Waals surface area contributed by atoms with E-state index < -0.39 is 0 Å². The zero-order chi connectivity index (χ0) is 18.0. The summed E-state index contributed by atoms with van der Waals surface area (Å²) in [7, 11) is 0. The summed E-state index contributed by atoms with van der Waals surface area (Å²) in [6.45, 7) is 8.34. The Balaban J connectivity index is 1.61. The van der Waals surface area contributed by atoms with Gasteiger partial charge in [-0.15, -0.1) is 0 Å². The first kappa shape index (κ1) is 17.3. The summed E-state index contributed by atoms with van der Waals surface area (Å²) >= 11 is 0. The molecule has 0 bridgehead atoms. The third kappa shape index (κ3) is 2.44. The van der Waals surface area contributed by atoms with Gasteiger partial charge in [-0.05, 0) is 61.7 Å². The maximum absolute atomic E-state index is 12.8. The number of hydrogen-bond acceptors (Lipinski definition) is 3. The Bertz CT molecular complexity index is 635. The van der Waals surface area contributed by atoms with Gasteiger partial charge in [-0.1, -0.05) is 32.4 Å². The van der Waals surface area contributed by atoms with Gasteiger partial charge in [0.05, 0.1) is 0 Å². The Labute approximate surface area is 151 Å². The molecule has 0 aromatic carbocycles. The molecule has 0 aliphatic heterocycles. The zero-order valence-electron chi connectivity index (χ0n) is 16.1. The van der Waals surface area contributed by atoms with Gasteiger partial charge in [-0.2, -0.15) is 0 Å². The number of hydrogen-bond donors (Lipinski definition) is 0. The Morgan fingerprint density at radius 2 is 1.88 bits per heavy atom. The van der Waals surface area contributed by atoms with Crippen LogP contribution in [0.15, 0.2) is 11.6 Å². The van der Waals surface area contributed by atoms with Gasteiger partial charge < -0.3 is 4.74 Å². The number of ketones is 1. The maximum Gasteiger partial charge on any atom is 0.302 e. The Morgan fingerprint density at radius 3 is 2.60 bits per heavy atom. The molecule has 3 nitrogen and oxygen atoms in total. The van der Waals surface area contributed by atoms with Gasteiger partial charge in [0.15, 0.2) is 0 Å². The van der Waals surface area contributed by atoms with E-state index in [1.54, 1.807) is 0 Å². The van der Waals surface area contributed by atoms with E-state index in [0.717, 1.165) is 38.5 Å². The predicted octanol–water partition coefficient (Wildman–Crippen LogP) is 4.70. The van der Waals surface area contributed by atoms with E-state index in [1.807, 2.05) is 0 Å². The van der Waals surface area contributed by atoms with Crippen molar-refractivity contribution in [1.82, 2.24) is 0 Å². The number of fused-ring (bicyclic) bond motifs is 5. The summed E-state index contributed by atoms with van der Waals surface area (Å²) in [6.07, 6.45) is 9.98. The molecule has 138 valence electrons. The molecule has 0 spiro atoms. The summed E-state index contributed by atoms with van der Waals surface area (Å²) in [5, 5.41) is 0. The van der Waals surface area contributed by atoms with Gasteiger partial charge in [0, 0.05) is 24.7 Å². The molecular weight excluding hydrogens is 312 g/mol. The van der Waals surface area contributed by atoms with Crippen LogP contribution in [0.5, 0.6) is 0 Å². The van der Waals surface area contributed by atoms with Crippen LogP contribution in [0.2, 0.25) is 0 Å². The quantitative estimate of drug-likeness (QED) is 0.512.